The van der Waals surface area contributed by atoms with Gasteiger partial charge in [0.2, 0.25) is 0 Å². The molecule has 0 aliphatic rings. The van der Waals surface area contributed by atoms with E-state index in [1.807, 2.05) is 6.20 Å². The van der Waals surface area contributed by atoms with Crippen LogP contribution in [0.1, 0.15) is 59.3 Å². The van der Waals surface area contributed by atoms with Gasteiger partial charge in [-0.05, 0) is 31.2 Å². The molecule has 18 heavy (non-hydrogen) atoms. The van der Waals surface area contributed by atoms with Crippen LogP contribution in [0.15, 0.2) is 12.4 Å². The predicted molar refractivity (Wildman–Crippen MR) is 77.6 cm³/mol. The summed E-state index contributed by atoms with van der Waals surface area (Å²) in [5.41, 5.74) is 0. The first-order valence-electron chi connectivity index (χ1n) is 7.36. The first-order valence-corrected chi connectivity index (χ1v) is 7.36. The Labute approximate surface area is 112 Å². The fourth-order valence-corrected chi connectivity index (χ4v) is 2.23. The molecular formula is C15H29N3. The molecule has 0 saturated carbocycles. The molecule has 0 aliphatic heterocycles. The van der Waals surface area contributed by atoms with Crippen molar-refractivity contribution in [2.75, 3.05) is 6.54 Å². The molecule has 0 radical (unpaired) electrons. The van der Waals surface area contributed by atoms with Crippen LogP contribution in [0.5, 0.6) is 0 Å². The topological polar surface area (TPSA) is 29.9 Å². The Balaban J connectivity index is 2.89. The Morgan fingerprint density at radius 1 is 1.22 bits per heavy atom. The highest BCUT2D eigenvalue weighted by atomic mass is 15.1. The van der Waals surface area contributed by atoms with Crippen LogP contribution in [0.3, 0.4) is 0 Å². The minimum atomic E-state index is 0.367. The summed E-state index contributed by atoms with van der Waals surface area (Å²) in [6.45, 7) is 13.4. The third-order valence-electron chi connectivity index (χ3n) is 3.68. The fraction of sp³-hybridized carbons (Fsp3) is 0.800. The fourth-order valence-electron chi connectivity index (χ4n) is 2.23. The van der Waals surface area contributed by atoms with Crippen LogP contribution < -0.4 is 5.32 Å². The van der Waals surface area contributed by atoms with Gasteiger partial charge in [-0.15, -0.1) is 0 Å². The lowest BCUT2D eigenvalue weighted by atomic mass is 9.89. The molecular weight excluding hydrogens is 222 g/mol. The van der Waals surface area contributed by atoms with Crippen molar-refractivity contribution in [3.05, 3.63) is 18.2 Å². The number of rotatable bonds is 8. The van der Waals surface area contributed by atoms with Gasteiger partial charge in [0.25, 0.3) is 0 Å². The molecule has 0 spiro atoms. The molecule has 1 aromatic heterocycles. The van der Waals surface area contributed by atoms with Crippen molar-refractivity contribution in [2.45, 2.75) is 60.0 Å². The van der Waals surface area contributed by atoms with Crippen molar-refractivity contribution in [1.82, 2.24) is 14.9 Å². The normalized spacial score (nSPS) is 15.0. The lowest BCUT2D eigenvalue weighted by Gasteiger charge is -2.28. The van der Waals surface area contributed by atoms with Gasteiger partial charge in [0.05, 0.1) is 6.04 Å². The van der Waals surface area contributed by atoms with E-state index in [1.165, 1.54) is 5.82 Å². The molecule has 3 heteroatoms. The van der Waals surface area contributed by atoms with Gasteiger partial charge >= 0.3 is 0 Å². The molecule has 0 amide bonds. The number of aryl methyl sites for hydroxylation is 1. The zero-order valence-corrected chi connectivity index (χ0v) is 12.6. The average Bonchev–Trinajstić information content (AvgIpc) is 2.78. The van der Waals surface area contributed by atoms with Gasteiger partial charge in [0, 0.05) is 18.9 Å². The van der Waals surface area contributed by atoms with E-state index in [4.69, 9.17) is 0 Å². The Kier molecular flexibility index (Phi) is 6.41. The highest BCUT2D eigenvalue weighted by Gasteiger charge is 2.24. The molecule has 0 fully saturated rings. The van der Waals surface area contributed by atoms with Crippen LogP contribution >= 0.6 is 0 Å². The molecule has 1 N–H and O–H groups in total. The second kappa shape index (κ2) is 7.57. The largest absolute Gasteiger partial charge is 0.334 e. The quantitative estimate of drug-likeness (QED) is 0.764. The molecule has 1 heterocycles. The minimum Gasteiger partial charge on any atom is -0.334 e. The third kappa shape index (κ3) is 3.84. The van der Waals surface area contributed by atoms with Crippen molar-refractivity contribution in [3.8, 4) is 0 Å². The van der Waals surface area contributed by atoms with Crippen molar-refractivity contribution in [3.63, 3.8) is 0 Å². The van der Waals surface area contributed by atoms with Crippen molar-refractivity contribution in [2.24, 2.45) is 11.8 Å². The van der Waals surface area contributed by atoms with Gasteiger partial charge in [-0.1, -0.05) is 34.6 Å². The molecule has 1 rings (SSSR count). The second-order valence-corrected chi connectivity index (χ2v) is 5.51. The molecule has 2 unspecified atom stereocenters. The highest BCUT2D eigenvalue weighted by molar-refractivity contribution is 5.02. The van der Waals surface area contributed by atoms with E-state index >= 15 is 0 Å². The van der Waals surface area contributed by atoms with Gasteiger partial charge in [0.15, 0.2) is 0 Å². The molecule has 2 atom stereocenters. The Morgan fingerprint density at radius 2 is 1.94 bits per heavy atom. The number of imidazole rings is 1. The summed E-state index contributed by atoms with van der Waals surface area (Å²) in [6.07, 6.45) is 6.35. The molecule has 0 aliphatic carbocycles. The van der Waals surface area contributed by atoms with Gasteiger partial charge in [-0.2, -0.15) is 0 Å². The molecule has 0 aromatic carbocycles. The Bertz CT molecular complexity index is 330. The summed E-state index contributed by atoms with van der Waals surface area (Å²) in [4.78, 5) is 4.59. The maximum atomic E-state index is 4.59. The summed E-state index contributed by atoms with van der Waals surface area (Å²) in [5.74, 6) is 2.45. The maximum absolute atomic E-state index is 4.59. The molecule has 0 bridgehead atoms. The lowest BCUT2D eigenvalue weighted by molar-refractivity contribution is 0.286. The standard InChI is InChI=1S/C15H29N3/c1-6-8-16-14(13(5)12(3)4)15-17-9-11-18(15)10-7-2/h9,11-14,16H,6-8,10H2,1-5H3. The molecule has 104 valence electrons. The average molecular weight is 251 g/mol. The third-order valence-corrected chi connectivity index (χ3v) is 3.68. The van der Waals surface area contributed by atoms with Crippen LogP contribution in [0.4, 0.5) is 0 Å². The van der Waals surface area contributed by atoms with E-state index < -0.39 is 0 Å². The van der Waals surface area contributed by atoms with E-state index in [1.54, 1.807) is 0 Å². The second-order valence-electron chi connectivity index (χ2n) is 5.51. The summed E-state index contributed by atoms with van der Waals surface area (Å²) in [6, 6.07) is 0.367. The number of hydrogen-bond acceptors (Lipinski definition) is 2. The number of hydrogen-bond donors (Lipinski definition) is 1. The van der Waals surface area contributed by atoms with Crippen LogP contribution in [-0.4, -0.2) is 16.1 Å². The lowest BCUT2D eigenvalue weighted by Crippen LogP contribution is -2.32. The zero-order chi connectivity index (χ0) is 13.5. The Hall–Kier alpha value is -0.830. The molecule has 1 aromatic rings. The highest BCUT2D eigenvalue weighted by Crippen LogP contribution is 2.26. The Morgan fingerprint density at radius 3 is 2.50 bits per heavy atom. The number of nitrogens with zero attached hydrogens (tertiary/aromatic N) is 2. The summed E-state index contributed by atoms with van der Waals surface area (Å²) in [5, 5.41) is 3.67. The van der Waals surface area contributed by atoms with E-state index in [9.17, 15) is 0 Å². The maximum Gasteiger partial charge on any atom is 0.126 e. The monoisotopic (exact) mass is 251 g/mol. The van der Waals surface area contributed by atoms with Crippen molar-refractivity contribution >= 4 is 0 Å². The van der Waals surface area contributed by atoms with Gasteiger partial charge in [0.1, 0.15) is 5.82 Å². The SMILES string of the molecule is CCCNC(c1nccn1CCC)C(C)C(C)C. The number of aromatic nitrogens is 2. The minimum absolute atomic E-state index is 0.367. The van der Waals surface area contributed by atoms with Crippen LogP contribution in [-0.2, 0) is 6.54 Å². The summed E-state index contributed by atoms with van der Waals surface area (Å²) in [7, 11) is 0. The van der Waals surface area contributed by atoms with Crippen LogP contribution in [0, 0.1) is 11.8 Å². The predicted octanol–water partition coefficient (Wildman–Crippen LogP) is 3.63. The first-order chi connectivity index (χ1) is 8.61. The van der Waals surface area contributed by atoms with Gasteiger partial charge < -0.3 is 9.88 Å². The van der Waals surface area contributed by atoms with E-state index in [2.05, 4.69) is 55.7 Å². The van der Waals surface area contributed by atoms with E-state index in [0.717, 1.165) is 25.9 Å². The smallest absolute Gasteiger partial charge is 0.126 e. The molecule has 0 saturated heterocycles. The first kappa shape index (κ1) is 15.2. The van der Waals surface area contributed by atoms with E-state index in [0.29, 0.717) is 17.9 Å². The van der Waals surface area contributed by atoms with Crippen molar-refractivity contribution in [1.29, 1.82) is 0 Å². The molecule has 3 nitrogen and oxygen atoms in total. The summed E-state index contributed by atoms with van der Waals surface area (Å²) < 4.78 is 2.30. The van der Waals surface area contributed by atoms with Crippen LogP contribution in [0.25, 0.3) is 0 Å². The number of nitrogens with one attached hydrogen (secondary N) is 1. The summed E-state index contributed by atoms with van der Waals surface area (Å²) >= 11 is 0. The van der Waals surface area contributed by atoms with E-state index in [-0.39, 0.29) is 0 Å². The van der Waals surface area contributed by atoms with Crippen LogP contribution in [0.2, 0.25) is 0 Å². The zero-order valence-electron chi connectivity index (χ0n) is 12.6. The van der Waals surface area contributed by atoms with Crippen molar-refractivity contribution < 1.29 is 0 Å². The van der Waals surface area contributed by atoms with Gasteiger partial charge in [-0.25, -0.2) is 4.98 Å². The van der Waals surface area contributed by atoms with Gasteiger partial charge in [-0.3, -0.25) is 0 Å².